The molecule has 1 fully saturated rings. The second-order valence-corrected chi connectivity index (χ2v) is 8.38. The lowest BCUT2D eigenvalue weighted by atomic mass is 9.97. The summed E-state index contributed by atoms with van der Waals surface area (Å²) in [6.07, 6.45) is 7.83. The molecule has 6 nitrogen and oxygen atoms in total. The van der Waals surface area contributed by atoms with Crippen LogP contribution < -0.4 is 10.1 Å². The van der Waals surface area contributed by atoms with E-state index in [4.69, 9.17) is 4.74 Å². The Bertz CT molecular complexity index is 1020. The summed E-state index contributed by atoms with van der Waals surface area (Å²) in [6, 6.07) is 15.9. The summed E-state index contributed by atoms with van der Waals surface area (Å²) in [4.78, 5) is 11.3. The minimum atomic E-state index is -0.611. The van der Waals surface area contributed by atoms with Gasteiger partial charge in [-0.25, -0.2) is 4.98 Å². The number of ether oxygens (including phenoxy) is 1. The molecule has 1 saturated heterocycles. The number of likely N-dealkylation sites (tertiary alicyclic amines) is 1. The minimum Gasteiger partial charge on any atom is -0.481 e. The van der Waals surface area contributed by atoms with Crippen molar-refractivity contribution in [3.8, 4) is 5.88 Å². The SMILES string of the molecule is COc1ccc2nccc(C(O)CN3CCCC(CNCC=Cc4ccccc4)C3)c2n1. The molecule has 4 rings (SSSR count). The van der Waals surface area contributed by atoms with Crippen molar-refractivity contribution in [1.29, 1.82) is 0 Å². The Morgan fingerprint density at radius 2 is 2.09 bits per heavy atom. The highest BCUT2D eigenvalue weighted by Gasteiger charge is 2.23. The van der Waals surface area contributed by atoms with Crippen molar-refractivity contribution in [1.82, 2.24) is 20.2 Å². The second kappa shape index (κ2) is 11.2. The maximum absolute atomic E-state index is 11.0. The van der Waals surface area contributed by atoms with Gasteiger partial charge in [-0.15, -0.1) is 0 Å². The number of nitrogens with zero attached hydrogens (tertiary/aromatic N) is 3. The molecule has 2 atom stereocenters. The van der Waals surface area contributed by atoms with Gasteiger partial charge < -0.3 is 20.1 Å². The highest BCUT2D eigenvalue weighted by atomic mass is 16.5. The molecule has 0 radical (unpaired) electrons. The van der Waals surface area contributed by atoms with Crippen molar-refractivity contribution in [3.05, 3.63) is 71.9 Å². The van der Waals surface area contributed by atoms with Crippen LogP contribution in [0, 0.1) is 5.92 Å². The van der Waals surface area contributed by atoms with Gasteiger partial charge in [-0.1, -0.05) is 42.5 Å². The largest absolute Gasteiger partial charge is 0.481 e. The van der Waals surface area contributed by atoms with E-state index >= 15 is 0 Å². The van der Waals surface area contributed by atoms with E-state index in [1.807, 2.05) is 18.2 Å². The Balaban J connectivity index is 1.29. The number of hydrogen-bond acceptors (Lipinski definition) is 6. The maximum atomic E-state index is 11.0. The van der Waals surface area contributed by atoms with E-state index in [2.05, 4.69) is 56.6 Å². The lowest BCUT2D eigenvalue weighted by Gasteiger charge is -2.34. The first-order valence-electron chi connectivity index (χ1n) is 11.4. The molecule has 2 N–H and O–H groups in total. The van der Waals surface area contributed by atoms with E-state index in [0.29, 0.717) is 23.9 Å². The molecule has 2 unspecified atom stereocenters. The Labute approximate surface area is 190 Å². The van der Waals surface area contributed by atoms with E-state index in [1.54, 1.807) is 19.4 Å². The van der Waals surface area contributed by atoms with Crippen LogP contribution in [0.3, 0.4) is 0 Å². The zero-order valence-electron chi connectivity index (χ0n) is 18.7. The first-order valence-corrected chi connectivity index (χ1v) is 11.4. The number of aliphatic hydroxyl groups excluding tert-OH is 1. The van der Waals surface area contributed by atoms with Crippen LogP contribution in [0.2, 0.25) is 0 Å². The molecular weight excluding hydrogens is 400 g/mol. The van der Waals surface area contributed by atoms with Crippen LogP contribution in [0.1, 0.15) is 30.1 Å². The molecule has 1 aliphatic rings. The number of aromatic nitrogens is 2. The minimum absolute atomic E-state index is 0.532. The molecule has 32 heavy (non-hydrogen) atoms. The van der Waals surface area contributed by atoms with Crippen LogP contribution in [0.5, 0.6) is 5.88 Å². The Kier molecular flexibility index (Phi) is 7.82. The lowest BCUT2D eigenvalue weighted by molar-refractivity contribution is 0.0850. The fraction of sp³-hybridized carbons (Fsp3) is 0.385. The van der Waals surface area contributed by atoms with Crippen molar-refractivity contribution in [2.75, 3.05) is 39.8 Å². The first kappa shape index (κ1) is 22.4. The monoisotopic (exact) mass is 432 g/mol. The molecule has 0 amide bonds. The number of nitrogens with one attached hydrogen (secondary N) is 1. The van der Waals surface area contributed by atoms with Gasteiger partial charge in [-0.3, -0.25) is 4.98 Å². The standard InChI is InChI=1S/C26H32N4O2/c1-32-25-12-11-23-26(29-25)22(13-15-28-23)24(31)19-30-16-6-10-21(18-30)17-27-14-5-9-20-7-3-2-4-8-20/h2-5,7-9,11-13,15,21,24,27,31H,6,10,14,16-19H2,1H3. The normalized spacial score (nSPS) is 18.2. The average Bonchev–Trinajstić information content (AvgIpc) is 2.84. The summed E-state index contributed by atoms with van der Waals surface area (Å²) < 4.78 is 5.26. The Hall–Kier alpha value is -2.80. The fourth-order valence-corrected chi connectivity index (χ4v) is 4.37. The summed E-state index contributed by atoms with van der Waals surface area (Å²) in [5.74, 6) is 1.12. The van der Waals surface area contributed by atoms with Crippen LogP contribution in [0.15, 0.2) is 60.8 Å². The van der Waals surface area contributed by atoms with Gasteiger partial charge in [0.1, 0.15) is 0 Å². The average molecular weight is 433 g/mol. The predicted octanol–water partition coefficient (Wildman–Crippen LogP) is 3.69. The molecule has 6 heteroatoms. The number of piperidine rings is 1. The Morgan fingerprint density at radius 1 is 1.22 bits per heavy atom. The van der Waals surface area contributed by atoms with E-state index in [-0.39, 0.29) is 0 Å². The zero-order valence-corrected chi connectivity index (χ0v) is 18.7. The number of pyridine rings is 2. The van der Waals surface area contributed by atoms with E-state index in [9.17, 15) is 5.11 Å². The summed E-state index contributed by atoms with van der Waals surface area (Å²) in [7, 11) is 1.60. The maximum Gasteiger partial charge on any atom is 0.213 e. The van der Waals surface area contributed by atoms with Crippen molar-refractivity contribution < 1.29 is 9.84 Å². The number of aliphatic hydroxyl groups is 1. The second-order valence-electron chi connectivity index (χ2n) is 8.38. The third-order valence-electron chi connectivity index (χ3n) is 6.00. The quantitative estimate of drug-likeness (QED) is 0.503. The Morgan fingerprint density at radius 3 is 2.94 bits per heavy atom. The predicted molar refractivity (Wildman–Crippen MR) is 129 cm³/mol. The first-order chi connectivity index (χ1) is 15.7. The van der Waals surface area contributed by atoms with Crippen LogP contribution in [0.4, 0.5) is 0 Å². The zero-order chi connectivity index (χ0) is 22.2. The number of β-amino-alcohol motifs (C(OH)–C–C–N with tert-alkyl or cyclic N) is 1. The molecule has 3 heterocycles. The lowest BCUT2D eigenvalue weighted by Crippen LogP contribution is -2.41. The van der Waals surface area contributed by atoms with E-state index in [1.165, 1.54) is 12.0 Å². The highest BCUT2D eigenvalue weighted by Crippen LogP contribution is 2.25. The van der Waals surface area contributed by atoms with Crippen LogP contribution >= 0.6 is 0 Å². The molecule has 1 aliphatic heterocycles. The third kappa shape index (κ3) is 5.91. The molecule has 0 bridgehead atoms. The fourth-order valence-electron chi connectivity index (χ4n) is 4.37. The van der Waals surface area contributed by atoms with Crippen LogP contribution in [0.25, 0.3) is 17.1 Å². The van der Waals surface area contributed by atoms with Gasteiger partial charge in [0.15, 0.2) is 0 Å². The summed E-state index contributed by atoms with van der Waals surface area (Å²) in [6.45, 7) is 4.46. The van der Waals surface area contributed by atoms with Gasteiger partial charge in [0, 0.05) is 37.5 Å². The van der Waals surface area contributed by atoms with Gasteiger partial charge in [-0.2, -0.15) is 0 Å². The summed E-state index contributed by atoms with van der Waals surface area (Å²) in [5, 5.41) is 14.6. The number of benzene rings is 1. The third-order valence-corrected chi connectivity index (χ3v) is 6.00. The molecule has 0 spiro atoms. The molecule has 2 aromatic heterocycles. The van der Waals surface area contributed by atoms with Crippen molar-refractivity contribution in [2.45, 2.75) is 18.9 Å². The molecule has 3 aromatic rings. The highest BCUT2D eigenvalue weighted by molar-refractivity contribution is 5.78. The van der Waals surface area contributed by atoms with Crippen LogP contribution in [-0.2, 0) is 0 Å². The van der Waals surface area contributed by atoms with Gasteiger partial charge in [0.2, 0.25) is 5.88 Å². The molecule has 0 saturated carbocycles. The number of methoxy groups -OCH3 is 1. The molecule has 168 valence electrons. The topological polar surface area (TPSA) is 70.5 Å². The van der Waals surface area contributed by atoms with Gasteiger partial charge in [0.05, 0.1) is 24.2 Å². The van der Waals surface area contributed by atoms with E-state index < -0.39 is 6.10 Å². The molecule has 1 aromatic carbocycles. The van der Waals surface area contributed by atoms with Crippen molar-refractivity contribution >= 4 is 17.1 Å². The molecule has 0 aliphatic carbocycles. The van der Waals surface area contributed by atoms with E-state index in [0.717, 1.165) is 43.7 Å². The van der Waals surface area contributed by atoms with Crippen molar-refractivity contribution in [2.24, 2.45) is 5.92 Å². The number of fused-ring (bicyclic) bond motifs is 1. The number of hydrogen-bond donors (Lipinski definition) is 2. The van der Waals surface area contributed by atoms with Gasteiger partial charge >= 0.3 is 0 Å². The smallest absolute Gasteiger partial charge is 0.213 e. The van der Waals surface area contributed by atoms with Crippen LogP contribution in [-0.4, -0.2) is 59.8 Å². The van der Waals surface area contributed by atoms with Gasteiger partial charge in [0.25, 0.3) is 0 Å². The number of rotatable bonds is 9. The summed E-state index contributed by atoms with van der Waals surface area (Å²) in [5.41, 5.74) is 3.51. The molecular formula is C26H32N4O2. The summed E-state index contributed by atoms with van der Waals surface area (Å²) >= 11 is 0. The van der Waals surface area contributed by atoms with Gasteiger partial charge in [-0.05, 0) is 49.5 Å². The van der Waals surface area contributed by atoms with Crippen molar-refractivity contribution in [3.63, 3.8) is 0 Å².